The Balaban J connectivity index is 1.97. The SMILES string of the molecule is NC1CCCC(Oc2ccc3[nH]ncc3c2C(F)(F)F)C1. The minimum atomic E-state index is -4.49. The molecule has 0 saturated heterocycles. The molecule has 3 rings (SSSR count). The molecule has 2 atom stereocenters. The van der Waals surface area contributed by atoms with E-state index >= 15 is 0 Å². The second-order valence-electron chi connectivity index (χ2n) is 5.43. The zero-order valence-electron chi connectivity index (χ0n) is 11.3. The zero-order valence-corrected chi connectivity index (χ0v) is 11.3. The first kappa shape index (κ1) is 14.2. The fourth-order valence-electron chi connectivity index (χ4n) is 2.86. The summed E-state index contributed by atoms with van der Waals surface area (Å²) in [5.74, 6) is -0.143. The van der Waals surface area contributed by atoms with Crippen molar-refractivity contribution in [3.63, 3.8) is 0 Å². The number of alkyl halides is 3. The molecule has 3 N–H and O–H groups in total. The van der Waals surface area contributed by atoms with E-state index < -0.39 is 11.7 Å². The van der Waals surface area contributed by atoms with E-state index in [1.807, 2.05) is 0 Å². The molecule has 1 aliphatic rings. The van der Waals surface area contributed by atoms with E-state index in [0.717, 1.165) is 19.3 Å². The predicted molar refractivity (Wildman–Crippen MR) is 72.0 cm³/mol. The highest BCUT2D eigenvalue weighted by molar-refractivity contribution is 5.84. The topological polar surface area (TPSA) is 63.9 Å². The van der Waals surface area contributed by atoms with Crippen molar-refractivity contribution in [2.45, 2.75) is 44.0 Å². The molecule has 1 saturated carbocycles. The van der Waals surface area contributed by atoms with Crippen LogP contribution in [0.1, 0.15) is 31.2 Å². The third-order valence-corrected chi connectivity index (χ3v) is 3.83. The smallest absolute Gasteiger partial charge is 0.420 e. The van der Waals surface area contributed by atoms with Gasteiger partial charge in [-0.25, -0.2) is 0 Å². The molecular formula is C14H16F3N3O. The van der Waals surface area contributed by atoms with Crippen molar-refractivity contribution < 1.29 is 17.9 Å². The summed E-state index contributed by atoms with van der Waals surface area (Å²) < 4.78 is 45.6. The highest BCUT2D eigenvalue weighted by atomic mass is 19.4. The van der Waals surface area contributed by atoms with Gasteiger partial charge in [0.2, 0.25) is 0 Å². The Morgan fingerprint density at radius 3 is 2.81 bits per heavy atom. The lowest BCUT2D eigenvalue weighted by Crippen LogP contribution is -2.34. The van der Waals surface area contributed by atoms with Crippen LogP contribution in [0.2, 0.25) is 0 Å². The first-order valence-corrected chi connectivity index (χ1v) is 6.90. The van der Waals surface area contributed by atoms with Gasteiger partial charge in [-0.1, -0.05) is 0 Å². The van der Waals surface area contributed by atoms with Crippen LogP contribution in [0.3, 0.4) is 0 Å². The highest BCUT2D eigenvalue weighted by Gasteiger charge is 2.37. The number of fused-ring (bicyclic) bond motifs is 1. The lowest BCUT2D eigenvalue weighted by molar-refractivity contribution is -0.138. The highest BCUT2D eigenvalue weighted by Crippen LogP contribution is 2.41. The van der Waals surface area contributed by atoms with E-state index in [4.69, 9.17) is 10.5 Å². The summed E-state index contributed by atoms with van der Waals surface area (Å²) in [6.45, 7) is 0. The Morgan fingerprint density at radius 1 is 1.29 bits per heavy atom. The fourth-order valence-corrected chi connectivity index (χ4v) is 2.86. The number of nitrogens with zero attached hydrogens (tertiary/aromatic N) is 1. The number of rotatable bonds is 2. The molecule has 0 aliphatic heterocycles. The van der Waals surface area contributed by atoms with E-state index in [9.17, 15) is 13.2 Å². The minimum absolute atomic E-state index is 0.00394. The van der Waals surface area contributed by atoms with E-state index in [0.29, 0.717) is 11.9 Å². The fraction of sp³-hybridized carbons (Fsp3) is 0.500. The molecular weight excluding hydrogens is 283 g/mol. The van der Waals surface area contributed by atoms with Gasteiger partial charge in [0.15, 0.2) is 0 Å². The molecule has 2 unspecified atom stereocenters. The molecule has 4 nitrogen and oxygen atoms in total. The first-order chi connectivity index (χ1) is 9.95. The van der Waals surface area contributed by atoms with Gasteiger partial charge in [0.05, 0.1) is 11.7 Å². The van der Waals surface area contributed by atoms with E-state index in [2.05, 4.69) is 10.2 Å². The molecule has 1 heterocycles. The third kappa shape index (κ3) is 2.83. The number of ether oxygens (including phenoxy) is 1. The average Bonchev–Trinajstić information content (AvgIpc) is 2.85. The number of aromatic amines is 1. The lowest BCUT2D eigenvalue weighted by atomic mass is 9.93. The molecule has 1 aromatic carbocycles. The van der Waals surface area contributed by atoms with Gasteiger partial charge >= 0.3 is 6.18 Å². The van der Waals surface area contributed by atoms with Crippen molar-refractivity contribution >= 4 is 10.9 Å². The minimum Gasteiger partial charge on any atom is -0.490 e. The summed E-state index contributed by atoms with van der Waals surface area (Å²) in [5, 5.41) is 6.25. The van der Waals surface area contributed by atoms with Crippen molar-refractivity contribution in [2.75, 3.05) is 0 Å². The summed E-state index contributed by atoms with van der Waals surface area (Å²) >= 11 is 0. The van der Waals surface area contributed by atoms with Crippen LogP contribution in [-0.2, 0) is 6.18 Å². The maximum absolute atomic E-state index is 13.3. The number of H-pyrrole nitrogens is 1. The number of benzene rings is 1. The summed E-state index contributed by atoms with van der Waals surface area (Å²) in [5.41, 5.74) is 5.43. The van der Waals surface area contributed by atoms with E-state index in [-0.39, 0.29) is 23.3 Å². The van der Waals surface area contributed by atoms with E-state index in [1.54, 1.807) is 6.07 Å². The van der Waals surface area contributed by atoms with Crippen molar-refractivity contribution in [2.24, 2.45) is 5.73 Å². The Labute approximate surface area is 119 Å². The number of halogens is 3. The van der Waals surface area contributed by atoms with Gasteiger partial charge in [0.1, 0.15) is 17.4 Å². The first-order valence-electron chi connectivity index (χ1n) is 6.90. The standard InChI is InChI=1S/C14H16F3N3O/c15-14(16,17)13-10-7-19-20-11(10)4-5-12(13)21-9-3-1-2-8(18)6-9/h4-5,7-9H,1-3,6,18H2,(H,19,20). The second kappa shape index (κ2) is 5.22. The Morgan fingerprint density at radius 2 is 2.10 bits per heavy atom. The zero-order chi connectivity index (χ0) is 15.0. The molecule has 1 aromatic heterocycles. The van der Waals surface area contributed by atoms with Crippen LogP contribution in [0.15, 0.2) is 18.3 Å². The molecule has 0 amide bonds. The number of hydrogen-bond acceptors (Lipinski definition) is 3. The van der Waals surface area contributed by atoms with Gasteiger partial charge in [-0.3, -0.25) is 5.10 Å². The number of hydrogen-bond donors (Lipinski definition) is 2. The molecule has 1 fully saturated rings. The van der Waals surface area contributed by atoms with Crippen LogP contribution < -0.4 is 10.5 Å². The lowest BCUT2D eigenvalue weighted by Gasteiger charge is -2.28. The van der Waals surface area contributed by atoms with Crippen LogP contribution in [0.4, 0.5) is 13.2 Å². The molecule has 7 heteroatoms. The summed E-state index contributed by atoms with van der Waals surface area (Å²) in [4.78, 5) is 0. The number of nitrogens with one attached hydrogen (secondary N) is 1. The van der Waals surface area contributed by atoms with Gasteiger partial charge in [0.25, 0.3) is 0 Å². The quantitative estimate of drug-likeness (QED) is 0.895. The normalized spacial score (nSPS) is 23.4. The largest absolute Gasteiger partial charge is 0.490 e. The third-order valence-electron chi connectivity index (χ3n) is 3.83. The van der Waals surface area contributed by atoms with Crippen LogP contribution in [0, 0.1) is 0 Å². The molecule has 0 spiro atoms. The monoisotopic (exact) mass is 299 g/mol. The average molecular weight is 299 g/mol. The number of nitrogens with two attached hydrogens (primary N) is 1. The van der Waals surface area contributed by atoms with Crippen LogP contribution in [0.25, 0.3) is 10.9 Å². The Bertz CT molecular complexity index is 638. The van der Waals surface area contributed by atoms with Crippen molar-refractivity contribution in [1.82, 2.24) is 10.2 Å². The maximum Gasteiger partial charge on any atom is 0.420 e. The molecule has 1 aliphatic carbocycles. The van der Waals surface area contributed by atoms with Gasteiger partial charge in [-0.05, 0) is 37.8 Å². The second-order valence-corrected chi connectivity index (χ2v) is 5.43. The van der Waals surface area contributed by atoms with Crippen LogP contribution in [0.5, 0.6) is 5.75 Å². The van der Waals surface area contributed by atoms with Crippen molar-refractivity contribution in [1.29, 1.82) is 0 Å². The van der Waals surface area contributed by atoms with E-state index in [1.165, 1.54) is 12.3 Å². The van der Waals surface area contributed by atoms with Gasteiger partial charge < -0.3 is 10.5 Å². The van der Waals surface area contributed by atoms with Gasteiger partial charge in [-0.2, -0.15) is 18.3 Å². The molecule has 0 radical (unpaired) electrons. The summed E-state index contributed by atoms with van der Waals surface area (Å²) in [6, 6.07) is 2.90. The summed E-state index contributed by atoms with van der Waals surface area (Å²) in [7, 11) is 0. The predicted octanol–water partition coefficient (Wildman–Crippen LogP) is 3.23. The molecule has 0 bridgehead atoms. The molecule has 114 valence electrons. The Hall–Kier alpha value is -1.76. The van der Waals surface area contributed by atoms with Gasteiger partial charge in [0, 0.05) is 11.4 Å². The molecule has 2 aromatic rings. The van der Waals surface area contributed by atoms with Crippen molar-refractivity contribution in [3.05, 3.63) is 23.9 Å². The van der Waals surface area contributed by atoms with Crippen LogP contribution in [-0.4, -0.2) is 22.3 Å². The van der Waals surface area contributed by atoms with Crippen molar-refractivity contribution in [3.8, 4) is 5.75 Å². The van der Waals surface area contributed by atoms with Crippen LogP contribution >= 0.6 is 0 Å². The van der Waals surface area contributed by atoms with Gasteiger partial charge in [-0.15, -0.1) is 0 Å². The molecule has 21 heavy (non-hydrogen) atoms. The number of aromatic nitrogens is 2. The summed E-state index contributed by atoms with van der Waals surface area (Å²) in [6.07, 6.45) is -0.491. The maximum atomic E-state index is 13.3. The Kier molecular flexibility index (Phi) is 3.52.